The number of hydrogen-bond donors (Lipinski definition) is 0. The zero-order chi connectivity index (χ0) is 23.2. The molecule has 1 atom stereocenters. The summed E-state index contributed by atoms with van der Waals surface area (Å²) in [6.45, 7) is 4.08. The summed E-state index contributed by atoms with van der Waals surface area (Å²) < 4.78 is 10.9. The molecule has 2 aliphatic rings. The predicted molar refractivity (Wildman–Crippen MR) is 126 cm³/mol. The summed E-state index contributed by atoms with van der Waals surface area (Å²) in [7, 11) is 3.16. The fourth-order valence-electron chi connectivity index (χ4n) is 4.76. The molecule has 7 heteroatoms. The van der Waals surface area contributed by atoms with Gasteiger partial charge in [-0.2, -0.15) is 0 Å². The Bertz CT molecular complexity index is 1120. The number of hydrogen-bond acceptors (Lipinski definition) is 4. The molecule has 1 unspecified atom stereocenters. The smallest absolute Gasteiger partial charge is 0.232 e. The van der Waals surface area contributed by atoms with Crippen LogP contribution in [0.5, 0.6) is 11.5 Å². The van der Waals surface area contributed by atoms with Gasteiger partial charge in [-0.25, -0.2) is 0 Å². The van der Waals surface area contributed by atoms with Gasteiger partial charge in [-0.1, -0.05) is 43.1 Å². The van der Waals surface area contributed by atoms with Crippen LogP contribution < -0.4 is 14.4 Å². The zero-order valence-electron chi connectivity index (χ0n) is 18.5. The van der Waals surface area contributed by atoms with Crippen LogP contribution >= 0.6 is 23.2 Å². The lowest BCUT2D eigenvalue weighted by molar-refractivity contribution is -0.121. The average Bonchev–Trinajstić information content (AvgIpc) is 2.70. The van der Waals surface area contributed by atoms with Crippen LogP contribution in [0, 0.1) is 5.41 Å². The molecule has 0 spiro atoms. The van der Waals surface area contributed by atoms with E-state index in [1.807, 2.05) is 26.0 Å². The Balaban J connectivity index is 1.93. The van der Waals surface area contributed by atoms with Crippen LogP contribution in [0.4, 0.5) is 5.69 Å². The molecule has 0 aromatic heterocycles. The molecule has 0 fully saturated rings. The predicted octanol–water partition coefficient (Wildman–Crippen LogP) is 6.17. The van der Waals surface area contributed by atoms with E-state index in [9.17, 15) is 9.59 Å². The fraction of sp³-hybridized carbons (Fsp3) is 0.360. The molecule has 4 rings (SSSR count). The highest BCUT2D eigenvalue weighted by molar-refractivity contribution is 6.35. The maximum atomic E-state index is 13.5. The van der Waals surface area contributed by atoms with E-state index in [4.69, 9.17) is 32.7 Å². The summed E-state index contributed by atoms with van der Waals surface area (Å²) in [5.74, 6) is 0.771. The highest BCUT2D eigenvalue weighted by Crippen LogP contribution is 2.50. The van der Waals surface area contributed by atoms with E-state index >= 15 is 0 Å². The quantitative estimate of drug-likeness (QED) is 0.532. The monoisotopic (exact) mass is 473 g/mol. The van der Waals surface area contributed by atoms with Gasteiger partial charge in [0.1, 0.15) is 11.5 Å². The Hall–Kier alpha value is -2.50. The normalized spacial score (nSPS) is 20.3. The second-order valence-electron chi connectivity index (χ2n) is 9.02. The zero-order valence-corrected chi connectivity index (χ0v) is 20.0. The molecule has 2 aromatic rings. The third kappa shape index (κ3) is 4.12. The number of amides is 1. The number of benzene rings is 2. The van der Waals surface area contributed by atoms with Crippen molar-refractivity contribution in [3.05, 3.63) is 63.3 Å². The summed E-state index contributed by atoms with van der Waals surface area (Å²) in [6.07, 6.45) is 1.13. The van der Waals surface area contributed by atoms with E-state index < -0.39 is 5.92 Å². The molecule has 0 saturated heterocycles. The Morgan fingerprint density at radius 1 is 0.969 bits per heavy atom. The van der Waals surface area contributed by atoms with E-state index in [0.29, 0.717) is 51.3 Å². The van der Waals surface area contributed by atoms with Gasteiger partial charge < -0.3 is 9.47 Å². The van der Waals surface area contributed by atoms with Crippen LogP contribution in [-0.4, -0.2) is 25.9 Å². The first-order valence-electron chi connectivity index (χ1n) is 10.4. The van der Waals surface area contributed by atoms with Crippen LogP contribution in [0.2, 0.25) is 10.0 Å². The van der Waals surface area contributed by atoms with Crippen molar-refractivity contribution in [2.75, 3.05) is 19.1 Å². The van der Waals surface area contributed by atoms with Crippen LogP contribution in [0.25, 0.3) is 0 Å². The van der Waals surface area contributed by atoms with Crippen molar-refractivity contribution in [3.8, 4) is 11.5 Å². The van der Waals surface area contributed by atoms with Crippen molar-refractivity contribution < 1.29 is 19.1 Å². The van der Waals surface area contributed by atoms with Gasteiger partial charge >= 0.3 is 0 Å². The minimum Gasteiger partial charge on any atom is -0.497 e. The number of nitrogens with zero attached hydrogens (tertiary/aromatic N) is 1. The van der Waals surface area contributed by atoms with Gasteiger partial charge in [0.15, 0.2) is 5.78 Å². The number of allylic oxidation sites excluding steroid dienone is 2. The van der Waals surface area contributed by atoms with Crippen molar-refractivity contribution in [3.63, 3.8) is 0 Å². The molecule has 1 heterocycles. The maximum absolute atomic E-state index is 13.5. The number of Topliss-reactive ketones (excluding diaryl/α,β-unsaturated/α-hetero) is 1. The molecule has 168 valence electrons. The van der Waals surface area contributed by atoms with Crippen LogP contribution in [0.1, 0.15) is 44.6 Å². The highest BCUT2D eigenvalue weighted by atomic mass is 35.5. The van der Waals surface area contributed by atoms with Gasteiger partial charge in [-0.3, -0.25) is 14.5 Å². The topological polar surface area (TPSA) is 55.8 Å². The molecular formula is C25H25Cl2NO4. The first-order valence-corrected chi connectivity index (χ1v) is 11.2. The Morgan fingerprint density at radius 2 is 1.66 bits per heavy atom. The molecule has 32 heavy (non-hydrogen) atoms. The molecule has 0 radical (unpaired) electrons. The largest absolute Gasteiger partial charge is 0.497 e. The molecule has 2 aromatic carbocycles. The second kappa shape index (κ2) is 8.45. The maximum Gasteiger partial charge on any atom is 0.232 e. The van der Waals surface area contributed by atoms with Crippen molar-refractivity contribution in [1.29, 1.82) is 0 Å². The number of carbonyl (C=O) groups excluding carboxylic acids is 2. The fourth-order valence-corrected chi connectivity index (χ4v) is 5.27. The first kappa shape index (κ1) is 22.7. The van der Waals surface area contributed by atoms with E-state index in [1.54, 1.807) is 43.4 Å². The van der Waals surface area contributed by atoms with Crippen molar-refractivity contribution in [2.45, 2.75) is 39.0 Å². The first-order chi connectivity index (χ1) is 15.1. The molecule has 0 saturated carbocycles. The Kier molecular flexibility index (Phi) is 5.99. The number of ether oxygens (including phenoxy) is 2. The summed E-state index contributed by atoms with van der Waals surface area (Å²) in [6, 6.07) is 10.5. The number of methoxy groups -OCH3 is 2. The minimum atomic E-state index is -0.395. The lowest BCUT2D eigenvalue weighted by Crippen LogP contribution is -2.43. The molecule has 5 nitrogen and oxygen atoms in total. The van der Waals surface area contributed by atoms with E-state index in [0.717, 1.165) is 5.56 Å². The lowest BCUT2D eigenvalue weighted by Gasteiger charge is -2.43. The second-order valence-corrected chi connectivity index (χ2v) is 9.90. The minimum absolute atomic E-state index is 0.0461. The van der Waals surface area contributed by atoms with Gasteiger partial charge in [0.25, 0.3) is 0 Å². The third-order valence-electron chi connectivity index (χ3n) is 6.06. The van der Waals surface area contributed by atoms with E-state index in [-0.39, 0.29) is 23.5 Å². The van der Waals surface area contributed by atoms with E-state index in [2.05, 4.69) is 0 Å². The molecule has 1 aliphatic carbocycles. The van der Waals surface area contributed by atoms with Crippen LogP contribution in [0.15, 0.2) is 47.7 Å². The van der Waals surface area contributed by atoms with E-state index in [1.165, 1.54) is 0 Å². The standard InChI is InChI=1S/C25H25Cl2NO4/c1-25(2)12-20-24(21(29)13-25)19(18-6-5-17(31-3)10-22(18)32-4)11-23(30)28(20)16-8-14(26)7-15(27)9-16/h5-10,19H,11-13H2,1-4H3. The lowest BCUT2D eigenvalue weighted by atomic mass is 9.69. The number of rotatable bonds is 4. The molecule has 1 aliphatic heterocycles. The van der Waals surface area contributed by atoms with Crippen molar-refractivity contribution >= 4 is 40.6 Å². The Morgan fingerprint density at radius 3 is 2.28 bits per heavy atom. The average molecular weight is 474 g/mol. The van der Waals surface area contributed by atoms with Crippen LogP contribution in [-0.2, 0) is 9.59 Å². The number of ketones is 1. The number of anilines is 1. The molecule has 0 N–H and O–H groups in total. The van der Waals surface area contributed by atoms with Gasteiger partial charge in [0, 0.05) is 51.7 Å². The van der Waals surface area contributed by atoms with Crippen molar-refractivity contribution in [1.82, 2.24) is 0 Å². The molecule has 0 bridgehead atoms. The summed E-state index contributed by atoms with van der Waals surface area (Å²) in [5, 5.41) is 0.866. The molecular weight excluding hydrogens is 449 g/mol. The van der Waals surface area contributed by atoms with Gasteiger partial charge in [0.05, 0.1) is 19.9 Å². The molecule has 1 amide bonds. The van der Waals surface area contributed by atoms with Crippen molar-refractivity contribution in [2.24, 2.45) is 5.41 Å². The highest BCUT2D eigenvalue weighted by Gasteiger charge is 2.45. The van der Waals surface area contributed by atoms with Gasteiger partial charge in [-0.15, -0.1) is 0 Å². The summed E-state index contributed by atoms with van der Waals surface area (Å²) in [4.78, 5) is 28.6. The third-order valence-corrected chi connectivity index (χ3v) is 6.50. The number of carbonyl (C=O) groups is 2. The van der Waals surface area contributed by atoms with Gasteiger partial charge in [0.2, 0.25) is 5.91 Å². The van der Waals surface area contributed by atoms with Crippen LogP contribution in [0.3, 0.4) is 0 Å². The number of halogens is 2. The van der Waals surface area contributed by atoms with Gasteiger partial charge in [-0.05, 0) is 36.1 Å². The SMILES string of the molecule is COc1ccc(C2CC(=O)N(c3cc(Cl)cc(Cl)c3)C3=C2C(=O)CC(C)(C)C3)c(OC)c1. The summed E-state index contributed by atoms with van der Waals surface area (Å²) >= 11 is 12.5. The summed E-state index contributed by atoms with van der Waals surface area (Å²) in [5.41, 5.74) is 2.46. The Labute approximate surface area is 197 Å².